The summed E-state index contributed by atoms with van der Waals surface area (Å²) in [6.45, 7) is 0.286. The molecule has 3 N–H and O–H groups in total. The van der Waals surface area contributed by atoms with Gasteiger partial charge in [-0.05, 0) is 19.3 Å². The zero-order valence-corrected chi connectivity index (χ0v) is 10.0. The first-order valence-electron chi connectivity index (χ1n) is 5.86. The zero-order chi connectivity index (χ0) is 14.0. The van der Waals surface area contributed by atoms with Crippen LogP contribution in [0.2, 0.25) is 0 Å². The van der Waals surface area contributed by atoms with E-state index in [-0.39, 0.29) is 12.1 Å². The predicted molar refractivity (Wildman–Crippen MR) is 64.0 cm³/mol. The van der Waals surface area contributed by atoms with Gasteiger partial charge in [-0.15, -0.1) is 0 Å². The first-order chi connectivity index (χ1) is 9.00. The number of aliphatic carboxylic acids is 1. The monoisotopic (exact) mass is 267 g/mol. The van der Waals surface area contributed by atoms with E-state index in [0.29, 0.717) is 12.8 Å². The Morgan fingerprint density at radius 3 is 2.68 bits per heavy atom. The second-order valence-corrected chi connectivity index (χ2v) is 4.33. The van der Waals surface area contributed by atoms with E-state index in [0.717, 1.165) is 17.5 Å². The van der Waals surface area contributed by atoms with Crippen LogP contribution in [0.5, 0.6) is 0 Å². The number of carboxylic acid groups (broad SMARTS) is 1. The summed E-state index contributed by atoms with van der Waals surface area (Å²) in [4.78, 5) is 51.0. The molecule has 1 aromatic heterocycles. The summed E-state index contributed by atoms with van der Waals surface area (Å²) in [5, 5.41) is 9.08. The van der Waals surface area contributed by atoms with Crippen LogP contribution in [0, 0.1) is 0 Å². The minimum atomic E-state index is -1.09. The van der Waals surface area contributed by atoms with E-state index in [4.69, 9.17) is 5.11 Å². The lowest BCUT2D eigenvalue weighted by atomic mass is 10.0. The first kappa shape index (κ1) is 13.1. The molecule has 8 nitrogen and oxygen atoms in total. The van der Waals surface area contributed by atoms with Gasteiger partial charge in [0.05, 0.1) is 0 Å². The summed E-state index contributed by atoms with van der Waals surface area (Å²) >= 11 is 0. The van der Waals surface area contributed by atoms with Gasteiger partial charge >= 0.3 is 11.7 Å². The molecule has 102 valence electrons. The number of aromatic amines is 2. The molecule has 1 aromatic rings. The number of piperidine rings is 1. The molecular formula is C11H13N3O5. The Morgan fingerprint density at radius 2 is 2.05 bits per heavy atom. The highest BCUT2D eigenvalue weighted by Gasteiger charge is 2.33. The van der Waals surface area contributed by atoms with E-state index in [1.165, 1.54) is 0 Å². The molecule has 0 spiro atoms. The molecule has 1 aliphatic rings. The van der Waals surface area contributed by atoms with Crippen molar-refractivity contribution in [3.05, 3.63) is 32.6 Å². The van der Waals surface area contributed by atoms with Crippen LogP contribution in [0.1, 0.15) is 29.6 Å². The minimum absolute atomic E-state index is 0.257. The molecule has 1 saturated heterocycles. The number of carbonyl (C=O) groups excluding carboxylic acids is 1. The van der Waals surface area contributed by atoms with Crippen molar-refractivity contribution in [2.75, 3.05) is 6.54 Å². The van der Waals surface area contributed by atoms with Crippen molar-refractivity contribution in [2.24, 2.45) is 0 Å². The standard InChI is InChI=1S/C11H13N3O5/c15-8-6(5-12-11(19)13-8)9(16)14-4-2-1-3-7(14)10(17)18/h5,7H,1-4H2,(H,17,18)(H2,12,13,15,19)/t7-/m0/s1. The van der Waals surface area contributed by atoms with Crippen LogP contribution in [-0.2, 0) is 4.79 Å². The number of rotatable bonds is 2. The molecule has 0 radical (unpaired) electrons. The lowest BCUT2D eigenvalue weighted by Crippen LogP contribution is -2.49. The van der Waals surface area contributed by atoms with Crippen molar-refractivity contribution < 1.29 is 14.7 Å². The van der Waals surface area contributed by atoms with E-state index in [9.17, 15) is 19.2 Å². The molecule has 1 atom stereocenters. The molecule has 1 aliphatic heterocycles. The van der Waals surface area contributed by atoms with Gasteiger partial charge in [0.25, 0.3) is 11.5 Å². The molecule has 2 rings (SSSR count). The molecule has 8 heteroatoms. The molecular weight excluding hydrogens is 254 g/mol. The average molecular weight is 267 g/mol. The fourth-order valence-corrected chi connectivity index (χ4v) is 2.15. The summed E-state index contributed by atoms with van der Waals surface area (Å²) in [5.41, 5.74) is -1.79. The minimum Gasteiger partial charge on any atom is -0.480 e. The van der Waals surface area contributed by atoms with Crippen molar-refractivity contribution >= 4 is 11.9 Å². The van der Waals surface area contributed by atoms with Gasteiger partial charge in [-0.25, -0.2) is 9.59 Å². The lowest BCUT2D eigenvalue weighted by Gasteiger charge is -2.32. The first-order valence-corrected chi connectivity index (χ1v) is 5.86. The lowest BCUT2D eigenvalue weighted by molar-refractivity contribution is -0.143. The third-order valence-corrected chi connectivity index (χ3v) is 3.10. The quantitative estimate of drug-likeness (QED) is 0.643. The van der Waals surface area contributed by atoms with Crippen LogP contribution < -0.4 is 11.2 Å². The number of H-pyrrole nitrogens is 2. The number of carbonyl (C=O) groups is 2. The van der Waals surface area contributed by atoms with Crippen LogP contribution in [0.4, 0.5) is 0 Å². The number of hydrogen-bond donors (Lipinski definition) is 3. The Kier molecular flexibility index (Phi) is 3.50. The Bertz CT molecular complexity index is 617. The Hall–Kier alpha value is -2.38. The number of amides is 1. The maximum Gasteiger partial charge on any atom is 0.326 e. The number of aromatic nitrogens is 2. The SMILES string of the molecule is O=C(O)[C@@H]1CCCCN1C(=O)c1c[nH]c(=O)[nH]c1=O. The highest BCUT2D eigenvalue weighted by molar-refractivity contribution is 5.96. The van der Waals surface area contributed by atoms with Gasteiger partial charge in [-0.3, -0.25) is 14.6 Å². The van der Waals surface area contributed by atoms with Gasteiger partial charge in [0.2, 0.25) is 0 Å². The maximum absolute atomic E-state index is 12.2. The third-order valence-electron chi connectivity index (χ3n) is 3.10. The predicted octanol–water partition coefficient (Wildman–Crippen LogP) is -0.857. The molecule has 1 amide bonds. The molecule has 0 aromatic carbocycles. The molecule has 1 fully saturated rings. The third kappa shape index (κ3) is 2.56. The van der Waals surface area contributed by atoms with Gasteiger partial charge in [0.15, 0.2) is 0 Å². The van der Waals surface area contributed by atoms with Crippen LogP contribution >= 0.6 is 0 Å². The molecule has 0 bridgehead atoms. The van der Waals surface area contributed by atoms with Crippen LogP contribution in [0.3, 0.4) is 0 Å². The summed E-state index contributed by atoms with van der Waals surface area (Å²) in [6, 6.07) is -0.924. The van der Waals surface area contributed by atoms with Gasteiger partial charge in [-0.2, -0.15) is 0 Å². The van der Waals surface area contributed by atoms with Crippen LogP contribution in [0.15, 0.2) is 15.8 Å². The van der Waals surface area contributed by atoms with Gasteiger partial charge in [0.1, 0.15) is 11.6 Å². The van der Waals surface area contributed by atoms with Crippen molar-refractivity contribution in [3.8, 4) is 0 Å². The van der Waals surface area contributed by atoms with Crippen LogP contribution in [0.25, 0.3) is 0 Å². The van der Waals surface area contributed by atoms with Crippen molar-refractivity contribution in [1.82, 2.24) is 14.9 Å². The number of likely N-dealkylation sites (tertiary alicyclic amines) is 1. The van der Waals surface area contributed by atoms with E-state index in [1.54, 1.807) is 0 Å². The number of carboxylic acids is 1. The summed E-state index contributed by atoms with van der Waals surface area (Å²) in [7, 11) is 0. The van der Waals surface area contributed by atoms with E-state index in [2.05, 4.69) is 4.98 Å². The highest BCUT2D eigenvalue weighted by atomic mass is 16.4. The largest absolute Gasteiger partial charge is 0.480 e. The Balaban J connectivity index is 2.34. The van der Waals surface area contributed by atoms with Gasteiger partial charge in [0, 0.05) is 12.7 Å². The maximum atomic E-state index is 12.2. The normalized spacial score (nSPS) is 19.2. The summed E-state index contributed by atoms with van der Waals surface area (Å²) in [5.74, 6) is -1.77. The number of hydrogen-bond acceptors (Lipinski definition) is 4. The Labute approximate surface area is 107 Å². The fourth-order valence-electron chi connectivity index (χ4n) is 2.15. The van der Waals surface area contributed by atoms with Gasteiger partial charge < -0.3 is 15.0 Å². The van der Waals surface area contributed by atoms with Crippen molar-refractivity contribution in [1.29, 1.82) is 0 Å². The number of nitrogens with zero attached hydrogens (tertiary/aromatic N) is 1. The molecule has 2 heterocycles. The second-order valence-electron chi connectivity index (χ2n) is 4.33. The van der Waals surface area contributed by atoms with Crippen molar-refractivity contribution in [2.45, 2.75) is 25.3 Å². The van der Waals surface area contributed by atoms with E-state index >= 15 is 0 Å². The summed E-state index contributed by atoms with van der Waals surface area (Å²) < 4.78 is 0. The number of nitrogens with one attached hydrogen (secondary N) is 2. The second kappa shape index (κ2) is 5.09. The molecule has 0 saturated carbocycles. The zero-order valence-electron chi connectivity index (χ0n) is 10.0. The average Bonchev–Trinajstić information content (AvgIpc) is 2.38. The summed E-state index contributed by atoms with van der Waals surface area (Å²) in [6.07, 6.45) is 2.79. The molecule has 0 unspecified atom stereocenters. The molecule has 19 heavy (non-hydrogen) atoms. The highest BCUT2D eigenvalue weighted by Crippen LogP contribution is 2.18. The Morgan fingerprint density at radius 1 is 1.32 bits per heavy atom. The van der Waals surface area contributed by atoms with Crippen molar-refractivity contribution in [3.63, 3.8) is 0 Å². The van der Waals surface area contributed by atoms with E-state index < -0.39 is 29.2 Å². The van der Waals surface area contributed by atoms with Crippen LogP contribution in [-0.4, -0.2) is 44.4 Å². The van der Waals surface area contributed by atoms with E-state index in [1.807, 2.05) is 4.98 Å². The fraction of sp³-hybridized carbons (Fsp3) is 0.455. The topological polar surface area (TPSA) is 123 Å². The smallest absolute Gasteiger partial charge is 0.326 e. The van der Waals surface area contributed by atoms with Gasteiger partial charge in [-0.1, -0.05) is 0 Å². The molecule has 0 aliphatic carbocycles.